The third kappa shape index (κ3) is 1.23. The van der Waals surface area contributed by atoms with Crippen LogP contribution in [0.5, 0.6) is 0 Å². The van der Waals surface area contributed by atoms with Crippen molar-refractivity contribution in [2.75, 3.05) is 5.75 Å². The molecule has 5 nitrogen and oxygen atoms in total. The summed E-state index contributed by atoms with van der Waals surface area (Å²) in [6, 6.07) is 0. The minimum Gasteiger partial charge on any atom is -0.748 e. The lowest BCUT2D eigenvalue weighted by Gasteiger charge is -2.35. The molecule has 2 aliphatic carbocycles. The maximum atomic E-state index is 11.8. The highest BCUT2D eigenvalue weighted by Crippen LogP contribution is 2.62. The van der Waals surface area contributed by atoms with Gasteiger partial charge in [-0.3, -0.25) is 9.59 Å². The number of hydrogen-bond acceptors (Lipinski definition) is 5. The number of rotatable bonds is 2. The Bertz CT molecular complexity index is 475. The molecular weight excluding hydrogens is 232 g/mol. The lowest BCUT2D eigenvalue weighted by Crippen LogP contribution is -2.43. The molecule has 2 fully saturated rings. The van der Waals surface area contributed by atoms with Crippen molar-refractivity contribution in [3.63, 3.8) is 0 Å². The average Bonchev–Trinajstić information content (AvgIpc) is 2.39. The molecule has 0 aromatic heterocycles. The molecule has 2 rings (SSSR count). The maximum absolute atomic E-state index is 11.8. The van der Waals surface area contributed by atoms with Gasteiger partial charge in [0.15, 0.2) is 0 Å². The zero-order valence-electron chi connectivity index (χ0n) is 9.15. The van der Waals surface area contributed by atoms with E-state index >= 15 is 0 Å². The number of carbonyl (C=O) groups is 2. The van der Waals surface area contributed by atoms with Gasteiger partial charge in [0.05, 0.1) is 21.3 Å². The summed E-state index contributed by atoms with van der Waals surface area (Å²) in [6.45, 7) is 3.41. The lowest BCUT2D eigenvalue weighted by atomic mass is 9.70. The van der Waals surface area contributed by atoms with Crippen molar-refractivity contribution in [3.05, 3.63) is 0 Å². The van der Waals surface area contributed by atoms with E-state index < -0.39 is 44.2 Å². The van der Waals surface area contributed by atoms with E-state index in [-0.39, 0.29) is 0 Å². The van der Waals surface area contributed by atoms with Gasteiger partial charge >= 0.3 is 0 Å². The monoisotopic (exact) mass is 245 g/mol. The standard InChI is InChI=1S/C10H14O5S/c1-9(2)6-3-4-10(9,5-16(13,14)15)8(12)7(6)11/h6H,3-5H2,1-2H3,(H,13,14,15)/p-1/t6-,10+/m1/s1. The van der Waals surface area contributed by atoms with Gasteiger partial charge < -0.3 is 4.55 Å². The predicted octanol–water partition coefficient (Wildman–Crippen LogP) is 0.106. The van der Waals surface area contributed by atoms with Gasteiger partial charge in [0, 0.05) is 5.92 Å². The molecule has 90 valence electrons. The number of hydrogen-bond donors (Lipinski definition) is 0. The summed E-state index contributed by atoms with van der Waals surface area (Å²) in [5.74, 6) is -2.32. The smallest absolute Gasteiger partial charge is 0.206 e. The van der Waals surface area contributed by atoms with Gasteiger partial charge in [0.1, 0.15) is 0 Å². The molecule has 16 heavy (non-hydrogen) atoms. The van der Waals surface area contributed by atoms with Crippen molar-refractivity contribution in [2.45, 2.75) is 26.7 Å². The van der Waals surface area contributed by atoms with Crippen LogP contribution in [0.15, 0.2) is 0 Å². The summed E-state index contributed by atoms with van der Waals surface area (Å²) in [7, 11) is -4.50. The zero-order chi connectivity index (χ0) is 12.4. The number of carbonyl (C=O) groups excluding carboxylic acids is 2. The third-order valence-corrected chi connectivity index (χ3v) is 5.21. The molecule has 6 heteroatoms. The fourth-order valence-corrected chi connectivity index (χ4v) is 4.54. The van der Waals surface area contributed by atoms with Crippen LogP contribution in [0.2, 0.25) is 0 Å². The molecule has 2 atom stereocenters. The molecule has 0 saturated heterocycles. The minimum absolute atomic E-state index is 0.330. The number of Topliss-reactive ketones (excluding diaryl/α,β-unsaturated/α-hetero) is 2. The van der Waals surface area contributed by atoms with Crippen LogP contribution in [0.4, 0.5) is 0 Å². The van der Waals surface area contributed by atoms with Gasteiger partial charge in [-0.25, -0.2) is 8.42 Å². The van der Waals surface area contributed by atoms with Crippen LogP contribution in [0.1, 0.15) is 26.7 Å². The molecule has 2 saturated carbocycles. The maximum Gasteiger partial charge on any atom is 0.206 e. The molecular formula is C10H13O5S-. The molecule has 0 heterocycles. The lowest BCUT2D eigenvalue weighted by molar-refractivity contribution is -0.141. The topological polar surface area (TPSA) is 91.3 Å². The van der Waals surface area contributed by atoms with Crippen LogP contribution in [-0.2, 0) is 19.7 Å². The Balaban J connectivity index is 2.54. The molecule has 0 amide bonds. The van der Waals surface area contributed by atoms with Crippen molar-refractivity contribution >= 4 is 21.7 Å². The highest BCUT2D eigenvalue weighted by Gasteiger charge is 2.69. The van der Waals surface area contributed by atoms with E-state index in [0.29, 0.717) is 12.8 Å². The Kier molecular flexibility index (Phi) is 2.14. The Labute approximate surface area is 94.0 Å². The van der Waals surface area contributed by atoms with Crippen molar-refractivity contribution in [2.24, 2.45) is 16.7 Å². The molecule has 0 spiro atoms. The van der Waals surface area contributed by atoms with Crippen molar-refractivity contribution < 1.29 is 22.6 Å². The average molecular weight is 245 g/mol. The quantitative estimate of drug-likeness (QED) is 0.508. The van der Waals surface area contributed by atoms with Crippen LogP contribution < -0.4 is 0 Å². The molecule has 2 aliphatic rings. The SMILES string of the molecule is CC1(C)[C@@H]2CC[C@]1(CS(=O)(=O)[O-])C(=O)C2=O. The van der Waals surface area contributed by atoms with Crippen LogP contribution >= 0.6 is 0 Å². The van der Waals surface area contributed by atoms with Crippen LogP contribution in [0.3, 0.4) is 0 Å². The summed E-state index contributed by atoms with van der Waals surface area (Å²) >= 11 is 0. The van der Waals surface area contributed by atoms with Crippen LogP contribution in [0.25, 0.3) is 0 Å². The molecule has 0 aromatic rings. The Morgan fingerprint density at radius 3 is 2.31 bits per heavy atom. The molecule has 0 N–H and O–H groups in total. The van der Waals surface area contributed by atoms with E-state index in [4.69, 9.17) is 0 Å². The van der Waals surface area contributed by atoms with E-state index in [2.05, 4.69) is 0 Å². The fourth-order valence-electron chi connectivity index (χ4n) is 3.29. The van der Waals surface area contributed by atoms with Crippen molar-refractivity contribution in [3.8, 4) is 0 Å². The van der Waals surface area contributed by atoms with E-state index in [0.717, 1.165) is 0 Å². The Hall–Kier alpha value is -0.750. The number of fused-ring (bicyclic) bond motifs is 2. The second kappa shape index (κ2) is 2.92. The zero-order valence-corrected chi connectivity index (χ0v) is 9.96. The fraction of sp³-hybridized carbons (Fsp3) is 0.800. The van der Waals surface area contributed by atoms with Crippen molar-refractivity contribution in [1.82, 2.24) is 0 Å². The normalized spacial score (nSPS) is 37.1. The van der Waals surface area contributed by atoms with Gasteiger partial charge in [-0.05, 0) is 18.3 Å². The summed E-state index contributed by atoms with van der Waals surface area (Å²) in [5.41, 5.74) is -1.98. The van der Waals surface area contributed by atoms with E-state index in [9.17, 15) is 22.6 Å². The molecule has 0 unspecified atom stereocenters. The van der Waals surface area contributed by atoms with E-state index in [1.807, 2.05) is 0 Å². The first-order chi connectivity index (χ1) is 7.12. The first kappa shape index (κ1) is 11.7. The molecule has 0 aliphatic heterocycles. The Morgan fingerprint density at radius 1 is 1.38 bits per heavy atom. The molecule has 2 bridgehead atoms. The molecule has 0 aromatic carbocycles. The van der Waals surface area contributed by atoms with Crippen molar-refractivity contribution in [1.29, 1.82) is 0 Å². The molecule has 0 radical (unpaired) electrons. The highest BCUT2D eigenvalue weighted by molar-refractivity contribution is 7.85. The van der Waals surface area contributed by atoms with E-state index in [1.165, 1.54) is 0 Å². The highest BCUT2D eigenvalue weighted by atomic mass is 32.2. The summed E-state index contributed by atoms with van der Waals surface area (Å²) < 4.78 is 32.7. The third-order valence-electron chi connectivity index (χ3n) is 4.36. The van der Waals surface area contributed by atoms with Crippen LogP contribution in [0, 0.1) is 16.7 Å². The predicted molar refractivity (Wildman–Crippen MR) is 53.5 cm³/mol. The van der Waals surface area contributed by atoms with Gasteiger partial charge in [0.2, 0.25) is 11.6 Å². The van der Waals surface area contributed by atoms with Gasteiger partial charge in [-0.15, -0.1) is 0 Å². The summed E-state index contributed by atoms with van der Waals surface area (Å²) in [5, 5.41) is 0. The van der Waals surface area contributed by atoms with Gasteiger partial charge in [0.25, 0.3) is 0 Å². The summed E-state index contributed by atoms with van der Waals surface area (Å²) in [4.78, 5) is 23.5. The van der Waals surface area contributed by atoms with E-state index in [1.54, 1.807) is 13.8 Å². The van der Waals surface area contributed by atoms with Gasteiger partial charge in [-0.2, -0.15) is 0 Å². The largest absolute Gasteiger partial charge is 0.748 e. The van der Waals surface area contributed by atoms with Gasteiger partial charge in [-0.1, -0.05) is 13.8 Å². The summed E-state index contributed by atoms with van der Waals surface area (Å²) in [6.07, 6.45) is 0.837. The second-order valence-corrected chi connectivity index (χ2v) is 6.69. The Morgan fingerprint density at radius 2 is 1.94 bits per heavy atom. The second-order valence-electron chi connectivity index (χ2n) is 5.29. The van der Waals surface area contributed by atoms with Crippen LogP contribution in [-0.4, -0.2) is 30.3 Å². The first-order valence-corrected chi connectivity index (χ1v) is 6.72. The minimum atomic E-state index is -4.50. The first-order valence-electron chi connectivity index (χ1n) is 5.14. The number of ketones is 2.